The molecule has 0 aliphatic rings. The van der Waals surface area contributed by atoms with E-state index in [0.29, 0.717) is 5.56 Å². The highest BCUT2D eigenvalue weighted by Gasteiger charge is 2.15. The number of benzene rings is 1. The van der Waals surface area contributed by atoms with Crippen LogP contribution in [0.4, 0.5) is 5.69 Å². The summed E-state index contributed by atoms with van der Waals surface area (Å²) >= 11 is 0. The van der Waals surface area contributed by atoms with Crippen molar-refractivity contribution in [3.8, 4) is 0 Å². The molecule has 4 nitrogen and oxygen atoms in total. The second kappa shape index (κ2) is 5.51. The molecule has 1 amide bonds. The number of carbonyl (C=O) groups excluding carboxylic acids is 1. The van der Waals surface area contributed by atoms with Crippen LogP contribution in [0.1, 0.15) is 30.6 Å². The second-order valence-corrected chi connectivity index (χ2v) is 3.90. The van der Waals surface area contributed by atoms with Crippen LogP contribution >= 0.6 is 0 Å². The molecule has 0 bridgehead atoms. The number of carbonyl (C=O) groups is 1. The zero-order valence-electron chi connectivity index (χ0n) is 10.0. The topological polar surface area (TPSA) is 58.4 Å². The first-order valence-corrected chi connectivity index (χ1v) is 5.44. The third kappa shape index (κ3) is 2.73. The van der Waals surface area contributed by atoms with Crippen LogP contribution in [0.25, 0.3) is 0 Å². The van der Waals surface area contributed by atoms with Gasteiger partial charge in [0.1, 0.15) is 0 Å². The van der Waals surface area contributed by atoms with Crippen molar-refractivity contribution in [3.05, 3.63) is 29.8 Å². The molecule has 16 heavy (non-hydrogen) atoms. The Morgan fingerprint density at radius 2 is 2.25 bits per heavy atom. The van der Waals surface area contributed by atoms with Crippen LogP contribution < -0.4 is 11.3 Å². The maximum Gasteiger partial charge on any atom is 0.253 e. The first-order chi connectivity index (χ1) is 7.60. The Kier molecular flexibility index (Phi) is 4.31. The highest BCUT2D eigenvalue weighted by Crippen LogP contribution is 2.13. The Bertz CT molecular complexity index is 365. The smallest absolute Gasteiger partial charge is 0.253 e. The number of nitrogen functional groups attached to an aromatic ring is 1. The summed E-state index contributed by atoms with van der Waals surface area (Å²) in [6.45, 7) is 4.09. The number of nitrogens with two attached hydrogens (primary N) is 1. The molecule has 0 heterocycles. The van der Waals surface area contributed by atoms with E-state index in [1.54, 1.807) is 17.0 Å². The summed E-state index contributed by atoms with van der Waals surface area (Å²) in [7, 11) is 1.82. The molecule has 1 aromatic carbocycles. The van der Waals surface area contributed by atoms with E-state index in [-0.39, 0.29) is 11.9 Å². The minimum Gasteiger partial charge on any atom is -0.339 e. The maximum absolute atomic E-state index is 12.1. The summed E-state index contributed by atoms with van der Waals surface area (Å²) in [6.07, 6.45) is 0.942. The van der Waals surface area contributed by atoms with Crippen molar-refractivity contribution in [3.63, 3.8) is 0 Å². The van der Waals surface area contributed by atoms with Gasteiger partial charge in [-0.1, -0.05) is 13.0 Å². The number of rotatable bonds is 4. The molecule has 1 unspecified atom stereocenters. The number of anilines is 1. The third-order valence-corrected chi connectivity index (χ3v) is 2.85. The molecule has 4 heteroatoms. The van der Waals surface area contributed by atoms with Crippen molar-refractivity contribution in [1.29, 1.82) is 0 Å². The van der Waals surface area contributed by atoms with Gasteiger partial charge in [0.25, 0.3) is 5.91 Å². The second-order valence-electron chi connectivity index (χ2n) is 3.90. The van der Waals surface area contributed by atoms with Gasteiger partial charge in [-0.2, -0.15) is 0 Å². The number of amides is 1. The molecule has 0 saturated heterocycles. The first kappa shape index (κ1) is 12.5. The standard InChI is InChI=1S/C12H19N3O/c1-4-9(2)15(3)12(16)10-6-5-7-11(8-10)14-13/h5-9,14H,4,13H2,1-3H3. The van der Waals surface area contributed by atoms with Crippen LogP contribution in [-0.4, -0.2) is 23.9 Å². The van der Waals surface area contributed by atoms with Gasteiger partial charge in [-0.05, 0) is 31.5 Å². The third-order valence-electron chi connectivity index (χ3n) is 2.85. The van der Waals surface area contributed by atoms with Crippen LogP contribution in [-0.2, 0) is 0 Å². The Labute approximate surface area is 96.4 Å². The van der Waals surface area contributed by atoms with Gasteiger partial charge in [-0.15, -0.1) is 0 Å². The number of nitrogens with one attached hydrogen (secondary N) is 1. The maximum atomic E-state index is 12.1. The van der Waals surface area contributed by atoms with E-state index < -0.39 is 0 Å². The Morgan fingerprint density at radius 3 is 2.81 bits per heavy atom. The molecule has 0 aromatic heterocycles. The van der Waals surface area contributed by atoms with Crippen molar-refractivity contribution >= 4 is 11.6 Å². The SMILES string of the molecule is CCC(C)N(C)C(=O)c1cccc(NN)c1. The van der Waals surface area contributed by atoms with Gasteiger partial charge >= 0.3 is 0 Å². The molecular weight excluding hydrogens is 202 g/mol. The average molecular weight is 221 g/mol. The Hall–Kier alpha value is -1.55. The number of nitrogens with zero attached hydrogens (tertiary/aromatic N) is 1. The lowest BCUT2D eigenvalue weighted by atomic mass is 10.1. The van der Waals surface area contributed by atoms with Crippen molar-refractivity contribution in [2.75, 3.05) is 12.5 Å². The van der Waals surface area contributed by atoms with Gasteiger partial charge in [0.2, 0.25) is 0 Å². The molecule has 0 fully saturated rings. The van der Waals surface area contributed by atoms with E-state index in [1.807, 2.05) is 26.1 Å². The fraction of sp³-hybridized carbons (Fsp3) is 0.417. The van der Waals surface area contributed by atoms with Crippen LogP contribution in [0.15, 0.2) is 24.3 Å². The lowest BCUT2D eigenvalue weighted by Crippen LogP contribution is -2.34. The molecule has 0 radical (unpaired) electrons. The number of hydrazine groups is 1. The minimum absolute atomic E-state index is 0.0199. The van der Waals surface area contributed by atoms with Crippen molar-refractivity contribution in [2.45, 2.75) is 26.3 Å². The molecule has 0 saturated carbocycles. The molecule has 0 aliphatic carbocycles. The summed E-state index contributed by atoms with van der Waals surface area (Å²) in [4.78, 5) is 13.8. The lowest BCUT2D eigenvalue weighted by molar-refractivity contribution is 0.0740. The molecule has 1 atom stereocenters. The molecule has 0 spiro atoms. The summed E-state index contributed by atoms with van der Waals surface area (Å²) in [5.74, 6) is 5.33. The zero-order valence-corrected chi connectivity index (χ0v) is 10.0. The Balaban J connectivity index is 2.87. The van der Waals surface area contributed by atoms with Gasteiger partial charge in [0, 0.05) is 24.3 Å². The normalized spacial score (nSPS) is 12.0. The zero-order chi connectivity index (χ0) is 12.1. The number of hydrogen-bond acceptors (Lipinski definition) is 3. The fourth-order valence-corrected chi connectivity index (χ4v) is 1.42. The van der Waals surface area contributed by atoms with E-state index in [1.165, 1.54) is 0 Å². The van der Waals surface area contributed by atoms with Crippen LogP contribution in [0.2, 0.25) is 0 Å². The fourth-order valence-electron chi connectivity index (χ4n) is 1.42. The van der Waals surface area contributed by atoms with Crippen molar-refractivity contribution < 1.29 is 4.79 Å². The van der Waals surface area contributed by atoms with Crippen LogP contribution in [0.5, 0.6) is 0 Å². The summed E-state index contributed by atoms with van der Waals surface area (Å²) < 4.78 is 0. The summed E-state index contributed by atoms with van der Waals surface area (Å²) in [6, 6.07) is 7.41. The van der Waals surface area contributed by atoms with E-state index in [2.05, 4.69) is 12.3 Å². The molecular formula is C12H19N3O. The molecule has 3 N–H and O–H groups in total. The summed E-state index contributed by atoms with van der Waals surface area (Å²) in [5, 5.41) is 0. The largest absolute Gasteiger partial charge is 0.339 e. The van der Waals surface area contributed by atoms with E-state index in [0.717, 1.165) is 12.1 Å². The molecule has 88 valence electrons. The Morgan fingerprint density at radius 1 is 1.56 bits per heavy atom. The molecule has 0 aliphatic heterocycles. The van der Waals surface area contributed by atoms with E-state index >= 15 is 0 Å². The van der Waals surface area contributed by atoms with Gasteiger partial charge in [-0.25, -0.2) is 0 Å². The van der Waals surface area contributed by atoms with Gasteiger partial charge < -0.3 is 10.3 Å². The highest BCUT2D eigenvalue weighted by atomic mass is 16.2. The number of hydrogen-bond donors (Lipinski definition) is 2. The van der Waals surface area contributed by atoms with Crippen molar-refractivity contribution in [1.82, 2.24) is 4.90 Å². The van der Waals surface area contributed by atoms with E-state index in [4.69, 9.17) is 5.84 Å². The van der Waals surface area contributed by atoms with Crippen LogP contribution in [0, 0.1) is 0 Å². The predicted octanol–water partition coefficient (Wildman–Crippen LogP) is 1.84. The van der Waals surface area contributed by atoms with Gasteiger partial charge in [-0.3, -0.25) is 10.6 Å². The molecule has 1 aromatic rings. The quantitative estimate of drug-likeness (QED) is 0.602. The van der Waals surface area contributed by atoms with Gasteiger partial charge in [0.15, 0.2) is 0 Å². The lowest BCUT2D eigenvalue weighted by Gasteiger charge is -2.24. The van der Waals surface area contributed by atoms with Crippen molar-refractivity contribution in [2.24, 2.45) is 5.84 Å². The monoisotopic (exact) mass is 221 g/mol. The summed E-state index contributed by atoms with van der Waals surface area (Å²) in [5.41, 5.74) is 3.92. The first-order valence-electron chi connectivity index (χ1n) is 5.44. The highest BCUT2D eigenvalue weighted by molar-refractivity contribution is 5.95. The van der Waals surface area contributed by atoms with E-state index in [9.17, 15) is 4.79 Å². The minimum atomic E-state index is 0.0199. The van der Waals surface area contributed by atoms with Crippen LogP contribution in [0.3, 0.4) is 0 Å². The average Bonchev–Trinajstić information content (AvgIpc) is 2.36. The van der Waals surface area contributed by atoms with Gasteiger partial charge in [0.05, 0.1) is 0 Å². The molecule has 1 rings (SSSR count). The predicted molar refractivity (Wildman–Crippen MR) is 66.1 cm³/mol.